The van der Waals surface area contributed by atoms with E-state index in [0.29, 0.717) is 11.1 Å². The van der Waals surface area contributed by atoms with E-state index in [1.54, 1.807) is 6.07 Å². The third-order valence-corrected chi connectivity index (χ3v) is 4.28. The molecule has 0 bridgehead atoms. The molecule has 1 aromatic heterocycles. The van der Waals surface area contributed by atoms with Crippen LogP contribution in [0.5, 0.6) is 0 Å². The predicted molar refractivity (Wildman–Crippen MR) is 84.7 cm³/mol. The highest BCUT2D eigenvalue weighted by Crippen LogP contribution is 2.38. The number of halogens is 1. The molecular formula is C15H16ClN3S. The quantitative estimate of drug-likeness (QED) is 0.493. The van der Waals surface area contributed by atoms with E-state index in [2.05, 4.69) is 39.6 Å². The molecule has 104 valence electrons. The van der Waals surface area contributed by atoms with Gasteiger partial charge in [-0.25, -0.2) is 9.97 Å². The monoisotopic (exact) mass is 305 g/mol. The number of rotatable bonds is 6. The summed E-state index contributed by atoms with van der Waals surface area (Å²) in [6, 6.07) is 12.2. The Morgan fingerprint density at radius 1 is 1.20 bits per heavy atom. The van der Waals surface area contributed by atoms with E-state index in [-0.39, 0.29) is 0 Å². The number of thioether (sulfide) groups is 1. The summed E-state index contributed by atoms with van der Waals surface area (Å²) in [6.45, 7) is 0.858. The van der Waals surface area contributed by atoms with Crippen molar-refractivity contribution in [3.05, 3.63) is 47.4 Å². The smallest absolute Gasteiger partial charge is 0.135 e. The first kappa shape index (κ1) is 13.7. The van der Waals surface area contributed by atoms with E-state index < -0.39 is 0 Å². The van der Waals surface area contributed by atoms with Crippen LogP contribution >= 0.6 is 23.4 Å². The predicted octanol–water partition coefficient (Wildman–Crippen LogP) is 4.21. The molecule has 0 amide bonds. The summed E-state index contributed by atoms with van der Waals surface area (Å²) in [7, 11) is 0. The highest BCUT2D eigenvalue weighted by Gasteiger charge is 2.27. The highest BCUT2D eigenvalue weighted by atomic mass is 35.5. The van der Waals surface area contributed by atoms with Gasteiger partial charge in [0.15, 0.2) is 0 Å². The van der Waals surface area contributed by atoms with Crippen molar-refractivity contribution in [2.75, 3.05) is 17.6 Å². The van der Waals surface area contributed by atoms with Gasteiger partial charge in [-0.1, -0.05) is 29.8 Å². The minimum absolute atomic E-state index is 0.521. The summed E-state index contributed by atoms with van der Waals surface area (Å²) in [5.74, 6) is 3.23. The zero-order valence-electron chi connectivity index (χ0n) is 11.1. The Morgan fingerprint density at radius 3 is 2.75 bits per heavy atom. The van der Waals surface area contributed by atoms with E-state index in [0.717, 1.165) is 23.9 Å². The topological polar surface area (TPSA) is 37.8 Å². The Kier molecular flexibility index (Phi) is 4.43. The first-order valence-electron chi connectivity index (χ1n) is 6.77. The minimum Gasteiger partial charge on any atom is -0.369 e. The highest BCUT2D eigenvalue weighted by molar-refractivity contribution is 7.99. The van der Waals surface area contributed by atoms with E-state index in [4.69, 9.17) is 11.6 Å². The Labute approximate surface area is 128 Å². The van der Waals surface area contributed by atoms with Crippen LogP contribution in [0.4, 0.5) is 5.82 Å². The van der Waals surface area contributed by atoms with Crippen molar-refractivity contribution in [2.24, 2.45) is 0 Å². The first-order valence-corrected chi connectivity index (χ1v) is 8.14. The lowest BCUT2D eigenvalue weighted by atomic mass is 10.4. The van der Waals surface area contributed by atoms with E-state index in [9.17, 15) is 0 Å². The fourth-order valence-electron chi connectivity index (χ4n) is 1.91. The fourth-order valence-corrected chi connectivity index (χ4v) is 2.89. The second-order valence-corrected chi connectivity index (χ2v) is 6.35. The zero-order valence-corrected chi connectivity index (χ0v) is 12.6. The van der Waals surface area contributed by atoms with Crippen LogP contribution < -0.4 is 5.32 Å². The molecule has 3 nitrogen and oxygen atoms in total. The van der Waals surface area contributed by atoms with Crippen LogP contribution in [0, 0.1) is 0 Å². The van der Waals surface area contributed by atoms with Crippen molar-refractivity contribution in [1.29, 1.82) is 0 Å². The molecule has 1 aliphatic rings. The average molecular weight is 306 g/mol. The van der Waals surface area contributed by atoms with Crippen molar-refractivity contribution in [2.45, 2.75) is 23.7 Å². The maximum atomic E-state index is 6.03. The van der Waals surface area contributed by atoms with Gasteiger partial charge in [0.05, 0.1) is 0 Å². The van der Waals surface area contributed by atoms with E-state index in [1.807, 2.05) is 17.8 Å². The molecule has 0 radical (unpaired) electrons. The van der Waals surface area contributed by atoms with Gasteiger partial charge in [-0.3, -0.25) is 0 Å². The Balaban J connectivity index is 1.51. The minimum atomic E-state index is 0.521. The number of anilines is 1. The van der Waals surface area contributed by atoms with Crippen LogP contribution in [0.25, 0.3) is 0 Å². The molecule has 5 heteroatoms. The molecular weight excluding hydrogens is 290 g/mol. The molecule has 1 fully saturated rings. The van der Waals surface area contributed by atoms with Crippen LogP contribution in [0.15, 0.2) is 41.3 Å². The summed E-state index contributed by atoms with van der Waals surface area (Å²) >= 11 is 7.86. The molecule has 1 aliphatic carbocycles. The molecule has 0 saturated heterocycles. The average Bonchev–Trinajstić information content (AvgIpc) is 3.29. The van der Waals surface area contributed by atoms with Gasteiger partial charge in [0.1, 0.15) is 16.8 Å². The molecule has 1 N–H and O–H groups in total. The van der Waals surface area contributed by atoms with Gasteiger partial charge in [-0.15, -0.1) is 11.8 Å². The van der Waals surface area contributed by atoms with Crippen molar-refractivity contribution >= 4 is 29.2 Å². The molecule has 3 rings (SSSR count). The molecule has 1 aromatic carbocycles. The summed E-state index contributed by atoms with van der Waals surface area (Å²) in [5, 5.41) is 3.85. The maximum Gasteiger partial charge on any atom is 0.135 e. The maximum absolute atomic E-state index is 6.03. The van der Waals surface area contributed by atoms with Crippen LogP contribution in [0.2, 0.25) is 5.15 Å². The molecule has 0 spiro atoms. The number of benzene rings is 1. The largest absolute Gasteiger partial charge is 0.369 e. The normalized spacial score (nSPS) is 14.2. The Bertz CT molecular complexity index is 573. The molecule has 0 atom stereocenters. The molecule has 20 heavy (non-hydrogen) atoms. The van der Waals surface area contributed by atoms with Crippen LogP contribution in [0.3, 0.4) is 0 Å². The van der Waals surface area contributed by atoms with Crippen molar-refractivity contribution in [3.8, 4) is 0 Å². The SMILES string of the molecule is Clc1cc(NCCSc2ccccc2)nc(C2CC2)n1. The van der Waals surface area contributed by atoms with Gasteiger partial charge in [0.25, 0.3) is 0 Å². The van der Waals surface area contributed by atoms with Crippen molar-refractivity contribution in [3.63, 3.8) is 0 Å². The standard InChI is InChI=1S/C15H16ClN3S/c16-13-10-14(19-15(18-13)11-6-7-11)17-8-9-20-12-4-2-1-3-5-12/h1-5,10-11H,6-9H2,(H,17,18,19). The zero-order chi connectivity index (χ0) is 13.8. The van der Waals surface area contributed by atoms with E-state index >= 15 is 0 Å². The number of hydrogen-bond donors (Lipinski definition) is 1. The third-order valence-electron chi connectivity index (χ3n) is 3.07. The van der Waals surface area contributed by atoms with Crippen molar-refractivity contribution < 1.29 is 0 Å². The Hall–Kier alpha value is -1.26. The van der Waals surface area contributed by atoms with Crippen LogP contribution in [0.1, 0.15) is 24.6 Å². The number of nitrogens with zero attached hydrogens (tertiary/aromatic N) is 2. The molecule has 2 aromatic rings. The van der Waals surface area contributed by atoms with Crippen LogP contribution in [-0.4, -0.2) is 22.3 Å². The van der Waals surface area contributed by atoms with Crippen LogP contribution in [-0.2, 0) is 0 Å². The van der Waals surface area contributed by atoms with Gasteiger partial charge in [0, 0.05) is 29.2 Å². The lowest BCUT2D eigenvalue weighted by Crippen LogP contribution is -2.07. The van der Waals surface area contributed by atoms with Gasteiger partial charge in [0.2, 0.25) is 0 Å². The van der Waals surface area contributed by atoms with Gasteiger partial charge in [-0.2, -0.15) is 0 Å². The van der Waals surface area contributed by atoms with Crippen molar-refractivity contribution in [1.82, 2.24) is 9.97 Å². The first-order chi connectivity index (χ1) is 9.81. The summed E-state index contributed by atoms with van der Waals surface area (Å²) in [4.78, 5) is 10.1. The Morgan fingerprint density at radius 2 is 2.00 bits per heavy atom. The number of aromatic nitrogens is 2. The van der Waals surface area contributed by atoms with Gasteiger partial charge < -0.3 is 5.32 Å². The van der Waals surface area contributed by atoms with Gasteiger partial charge in [-0.05, 0) is 25.0 Å². The van der Waals surface area contributed by atoms with Gasteiger partial charge >= 0.3 is 0 Å². The second kappa shape index (κ2) is 6.46. The molecule has 1 saturated carbocycles. The lowest BCUT2D eigenvalue weighted by molar-refractivity contribution is 0.924. The summed E-state index contributed by atoms with van der Waals surface area (Å²) in [6.07, 6.45) is 2.37. The third kappa shape index (κ3) is 3.87. The fraction of sp³-hybridized carbons (Fsp3) is 0.333. The number of hydrogen-bond acceptors (Lipinski definition) is 4. The number of nitrogens with one attached hydrogen (secondary N) is 1. The molecule has 1 heterocycles. The molecule has 0 unspecified atom stereocenters. The second-order valence-electron chi connectivity index (χ2n) is 4.80. The molecule has 0 aliphatic heterocycles. The summed E-state index contributed by atoms with van der Waals surface area (Å²) < 4.78 is 0. The lowest BCUT2D eigenvalue weighted by Gasteiger charge is -2.07. The van der Waals surface area contributed by atoms with E-state index in [1.165, 1.54) is 17.7 Å². The summed E-state index contributed by atoms with van der Waals surface area (Å²) in [5.41, 5.74) is 0.